The maximum absolute atomic E-state index is 12.9. The second kappa shape index (κ2) is 4.30. The van der Waals surface area contributed by atoms with Crippen molar-refractivity contribution in [2.45, 2.75) is 0 Å². The number of benzene rings is 1. The van der Waals surface area contributed by atoms with Crippen LogP contribution in [0, 0.1) is 17.5 Å². The van der Waals surface area contributed by atoms with Gasteiger partial charge in [-0.25, -0.2) is 22.4 Å². The van der Waals surface area contributed by atoms with Gasteiger partial charge in [-0.05, 0) is 12.1 Å². The van der Waals surface area contributed by atoms with E-state index in [2.05, 4.69) is 0 Å². The minimum atomic E-state index is -2.29. The average Bonchev–Trinajstić information content (AvgIpc) is 2.24. The summed E-state index contributed by atoms with van der Waals surface area (Å²) in [4.78, 5) is 10.0. The Morgan fingerprint density at radius 2 is 1.62 bits per heavy atom. The van der Waals surface area contributed by atoms with Crippen molar-refractivity contribution in [1.29, 1.82) is 0 Å². The van der Waals surface area contributed by atoms with Crippen molar-refractivity contribution >= 4 is 11.8 Å². The van der Waals surface area contributed by atoms with Gasteiger partial charge < -0.3 is 5.11 Å². The van der Waals surface area contributed by atoms with E-state index in [1.807, 2.05) is 0 Å². The first-order valence-corrected chi connectivity index (χ1v) is 3.78. The van der Waals surface area contributed by atoms with Crippen molar-refractivity contribution < 1.29 is 31.9 Å². The van der Waals surface area contributed by atoms with Crippen LogP contribution in [0.5, 0.6) is 0 Å². The number of carbonyl (C=O) groups is 1. The largest absolute Gasteiger partial charge is 0.476 e. The molecule has 86 valence electrons. The Morgan fingerprint density at radius 1 is 1.06 bits per heavy atom. The summed E-state index contributed by atoms with van der Waals surface area (Å²) in [6.07, 6.45) is 0. The third kappa shape index (κ3) is 2.02. The Morgan fingerprint density at radius 3 is 2.12 bits per heavy atom. The minimum absolute atomic E-state index is 0.350. The normalized spacial score (nSPS) is 12.3. The van der Waals surface area contributed by atoms with Crippen LogP contribution >= 0.6 is 0 Å². The molecule has 1 rings (SSSR count). The standard InChI is InChI=1S/C9H3F5O2/c10-4-2-1-3(5(11)7(4)13)6(12)8(14)9(15)16/h1-2H,(H,15,16)/b8-6-. The van der Waals surface area contributed by atoms with Gasteiger partial charge in [0.2, 0.25) is 5.83 Å². The second-order valence-corrected chi connectivity index (χ2v) is 2.66. The van der Waals surface area contributed by atoms with Crippen molar-refractivity contribution in [3.05, 3.63) is 41.0 Å². The molecule has 0 amide bonds. The first-order chi connectivity index (χ1) is 7.36. The number of hydrogen-bond acceptors (Lipinski definition) is 1. The molecule has 0 spiro atoms. The first kappa shape index (κ1) is 12.2. The van der Waals surface area contributed by atoms with Gasteiger partial charge >= 0.3 is 5.97 Å². The molecule has 0 aliphatic heterocycles. The van der Waals surface area contributed by atoms with E-state index >= 15 is 0 Å². The average molecular weight is 238 g/mol. The van der Waals surface area contributed by atoms with Gasteiger partial charge in [0.05, 0.1) is 5.56 Å². The molecule has 1 aromatic carbocycles. The molecule has 0 fully saturated rings. The highest BCUT2D eigenvalue weighted by molar-refractivity contribution is 5.92. The van der Waals surface area contributed by atoms with Gasteiger partial charge in [-0.2, -0.15) is 4.39 Å². The van der Waals surface area contributed by atoms with Gasteiger partial charge in [-0.15, -0.1) is 0 Å². The van der Waals surface area contributed by atoms with E-state index in [9.17, 15) is 26.7 Å². The molecule has 0 saturated heterocycles. The number of hydrogen-bond donors (Lipinski definition) is 1. The van der Waals surface area contributed by atoms with Gasteiger partial charge in [0.1, 0.15) is 0 Å². The molecule has 0 unspecified atom stereocenters. The first-order valence-electron chi connectivity index (χ1n) is 3.78. The summed E-state index contributed by atoms with van der Waals surface area (Å²) < 4.78 is 63.4. The summed E-state index contributed by atoms with van der Waals surface area (Å²) in [7, 11) is 0. The zero-order valence-corrected chi connectivity index (χ0v) is 7.40. The Bertz CT molecular complexity index is 481. The van der Waals surface area contributed by atoms with E-state index in [1.54, 1.807) is 0 Å². The summed E-state index contributed by atoms with van der Waals surface area (Å²) in [6, 6.07) is 0.744. The van der Waals surface area contributed by atoms with E-state index in [1.165, 1.54) is 0 Å². The van der Waals surface area contributed by atoms with E-state index < -0.39 is 40.6 Å². The Balaban J connectivity index is 3.42. The summed E-state index contributed by atoms with van der Waals surface area (Å²) in [5.74, 6) is -12.3. The highest BCUT2D eigenvalue weighted by atomic mass is 19.2. The fourth-order valence-electron chi connectivity index (χ4n) is 0.908. The molecule has 0 aromatic heterocycles. The zero-order valence-electron chi connectivity index (χ0n) is 7.40. The molecule has 1 N–H and O–H groups in total. The maximum Gasteiger partial charge on any atom is 0.367 e. The Hall–Kier alpha value is -1.92. The number of rotatable bonds is 2. The van der Waals surface area contributed by atoms with Crippen molar-refractivity contribution in [1.82, 2.24) is 0 Å². The molecule has 1 aromatic rings. The van der Waals surface area contributed by atoms with Crippen molar-refractivity contribution in [2.24, 2.45) is 0 Å². The van der Waals surface area contributed by atoms with Crippen molar-refractivity contribution in [2.75, 3.05) is 0 Å². The minimum Gasteiger partial charge on any atom is -0.476 e. The van der Waals surface area contributed by atoms with E-state index in [4.69, 9.17) is 5.11 Å². The van der Waals surface area contributed by atoms with Crippen LogP contribution in [0.2, 0.25) is 0 Å². The van der Waals surface area contributed by atoms with E-state index in [-0.39, 0.29) is 0 Å². The molecule has 0 aliphatic rings. The van der Waals surface area contributed by atoms with E-state index in [0.717, 1.165) is 0 Å². The van der Waals surface area contributed by atoms with Gasteiger partial charge in [-0.1, -0.05) is 0 Å². The van der Waals surface area contributed by atoms with Crippen LogP contribution in [-0.4, -0.2) is 11.1 Å². The number of aliphatic carboxylic acids is 1. The molecule has 0 aliphatic carbocycles. The molecule has 16 heavy (non-hydrogen) atoms. The Labute approximate surface area is 85.6 Å². The summed E-state index contributed by atoms with van der Waals surface area (Å²) in [5, 5.41) is 8.07. The van der Waals surface area contributed by atoms with Gasteiger partial charge in [-0.3, -0.25) is 0 Å². The zero-order chi connectivity index (χ0) is 12.5. The fraction of sp³-hybridized carbons (Fsp3) is 0. The summed E-state index contributed by atoms with van der Waals surface area (Å²) in [6.45, 7) is 0. The number of halogens is 5. The second-order valence-electron chi connectivity index (χ2n) is 2.66. The van der Waals surface area contributed by atoms with Crippen molar-refractivity contribution in [3.8, 4) is 0 Å². The van der Waals surface area contributed by atoms with Crippen molar-refractivity contribution in [3.63, 3.8) is 0 Å². The molecule has 7 heteroatoms. The SMILES string of the molecule is O=C(O)/C(F)=C(/F)c1ccc(F)c(F)c1F. The Kier molecular flexibility index (Phi) is 3.26. The predicted octanol–water partition coefficient (Wildman–Crippen LogP) is 2.80. The quantitative estimate of drug-likeness (QED) is 0.488. The lowest BCUT2D eigenvalue weighted by atomic mass is 10.1. The van der Waals surface area contributed by atoms with Crippen LogP contribution in [0.3, 0.4) is 0 Å². The third-order valence-electron chi connectivity index (χ3n) is 1.65. The fourth-order valence-corrected chi connectivity index (χ4v) is 0.908. The monoisotopic (exact) mass is 238 g/mol. The number of carboxylic acids is 1. The number of carboxylic acid groups (broad SMARTS) is 1. The molecule has 2 nitrogen and oxygen atoms in total. The predicted molar refractivity (Wildman–Crippen MR) is 43.1 cm³/mol. The molecule has 0 radical (unpaired) electrons. The van der Waals surface area contributed by atoms with Gasteiger partial charge in [0, 0.05) is 0 Å². The molecular formula is C9H3F5O2. The molecule has 0 heterocycles. The van der Waals surface area contributed by atoms with Crippen LogP contribution in [-0.2, 0) is 4.79 Å². The lowest BCUT2D eigenvalue weighted by Crippen LogP contribution is -2.01. The molecule has 0 saturated carbocycles. The highest BCUT2D eigenvalue weighted by Crippen LogP contribution is 2.26. The molecular weight excluding hydrogens is 235 g/mol. The molecule has 0 bridgehead atoms. The smallest absolute Gasteiger partial charge is 0.367 e. The van der Waals surface area contributed by atoms with E-state index in [0.29, 0.717) is 12.1 Å². The lowest BCUT2D eigenvalue weighted by Gasteiger charge is -2.02. The van der Waals surface area contributed by atoms with Gasteiger partial charge in [0.25, 0.3) is 0 Å². The van der Waals surface area contributed by atoms with Crippen LogP contribution in [0.15, 0.2) is 18.0 Å². The van der Waals surface area contributed by atoms with Crippen LogP contribution in [0.1, 0.15) is 5.56 Å². The van der Waals surface area contributed by atoms with Crippen LogP contribution in [0.25, 0.3) is 5.83 Å². The summed E-state index contributed by atoms with van der Waals surface area (Å²) in [5.41, 5.74) is -1.29. The lowest BCUT2D eigenvalue weighted by molar-refractivity contribution is -0.134. The summed E-state index contributed by atoms with van der Waals surface area (Å²) >= 11 is 0. The third-order valence-corrected chi connectivity index (χ3v) is 1.65. The highest BCUT2D eigenvalue weighted by Gasteiger charge is 2.22. The van der Waals surface area contributed by atoms with Crippen LogP contribution < -0.4 is 0 Å². The maximum atomic E-state index is 12.9. The topological polar surface area (TPSA) is 37.3 Å². The molecule has 0 atom stereocenters. The van der Waals surface area contributed by atoms with Gasteiger partial charge in [0.15, 0.2) is 23.3 Å². The van der Waals surface area contributed by atoms with Crippen LogP contribution in [0.4, 0.5) is 22.0 Å².